The number of carbonyl (C=O) groups is 3. The maximum absolute atomic E-state index is 12.2. The maximum Gasteiger partial charge on any atom is 0.303 e. The van der Waals surface area contributed by atoms with Gasteiger partial charge >= 0.3 is 11.9 Å². The van der Waals surface area contributed by atoms with E-state index >= 15 is 0 Å². The minimum absolute atomic E-state index is 0.00429. The first-order valence-corrected chi connectivity index (χ1v) is 10.7. The molecular formula is C23H32O5. The van der Waals surface area contributed by atoms with Gasteiger partial charge in [0.25, 0.3) is 0 Å². The van der Waals surface area contributed by atoms with Crippen LogP contribution in [0, 0.1) is 28.6 Å². The number of fused-ring (bicyclic) bond motifs is 5. The first-order chi connectivity index (χ1) is 13.1. The smallest absolute Gasteiger partial charge is 0.303 e. The molecule has 0 spiro atoms. The normalized spacial score (nSPS) is 44.6. The van der Waals surface area contributed by atoms with E-state index in [-0.39, 0.29) is 40.8 Å². The molecule has 5 nitrogen and oxygen atoms in total. The Morgan fingerprint density at radius 3 is 2.39 bits per heavy atom. The van der Waals surface area contributed by atoms with Crippen LogP contribution in [0.5, 0.6) is 0 Å². The van der Waals surface area contributed by atoms with Gasteiger partial charge in [-0.1, -0.05) is 13.8 Å². The van der Waals surface area contributed by atoms with Crippen molar-refractivity contribution in [1.82, 2.24) is 0 Å². The number of rotatable bonds is 2. The monoisotopic (exact) mass is 388 g/mol. The van der Waals surface area contributed by atoms with E-state index < -0.39 is 0 Å². The average Bonchev–Trinajstić information content (AvgIpc) is 2.92. The van der Waals surface area contributed by atoms with Gasteiger partial charge in [0.15, 0.2) is 5.78 Å². The molecule has 7 atom stereocenters. The molecule has 3 fully saturated rings. The molecule has 3 saturated carbocycles. The van der Waals surface area contributed by atoms with Crippen molar-refractivity contribution in [3.63, 3.8) is 0 Å². The van der Waals surface area contributed by atoms with Gasteiger partial charge in [0.2, 0.25) is 0 Å². The number of hydrogen-bond acceptors (Lipinski definition) is 5. The Kier molecular flexibility index (Phi) is 4.71. The van der Waals surface area contributed by atoms with Crippen LogP contribution in [0.3, 0.4) is 0 Å². The molecule has 4 rings (SSSR count). The summed E-state index contributed by atoms with van der Waals surface area (Å²) in [5.41, 5.74) is 0.950. The predicted octanol–water partition coefficient (Wildman–Crippen LogP) is 3.99. The van der Waals surface area contributed by atoms with Crippen molar-refractivity contribution in [3.05, 3.63) is 11.6 Å². The van der Waals surface area contributed by atoms with Gasteiger partial charge in [-0.2, -0.15) is 0 Å². The summed E-state index contributed by atoms with van der Waals surface area (Å²) in [6.45, 7) is 7.51. The van der Waals surface area contributed by atoms with Crippen molar-refractivity contribution < 1.29 is 23.9 Å². The Balaban J connectivity index is 1.69. The Morgan fingerprint density at radius 2 is 1.71 bits per heavy atom. The third-order valence-corrected chi connectivity index (χ3v) is 8.48. The molecule has 5 heteroatoms. The Hall–Kier alpha value is -1.65. The molecule has 4 aliphatic carbocycles. The zero-order chi connectivity index (χ0) is 20.3. The number of hydrogen-bond donors (Lipinski definition) is 0. The van der Waals surface area contributed by atoms with Crippen molar-refractivity contribution in [2.24, 2.45) is 28.6 Å². The van der Waals surface area contributed by atoms with Crippen LogP contribution in [0.25, 0.3) is 0 Å². The van der Waals surface area contributed by atoms with E-state index in [1.54, 1.807) is 6.08 Å². The summed E-state index contributed by atoms with van der Waals surface area (Å²) in [7, 11) is 0. The van der Waals surface area contributed by atoms with Crippen LogP contribution >= 0.6 is 0 Å². The molecule has 0 amide bonds. The molecule has 0 aromatic carbocycles. The first-order valence-electron chi connectivity index (χ1n) is 10.7. The molecule has 4 aliphatic rings. The van der Waals surface area contributed by atoms with Crippen LogP contribution in [0.2, 0.25) is 0 Å². The quantitative estimate of drug-likeness (QED) is 0.669. The summed E-state index contributed by atoms with van der Waals surface area (Å²) >= 11 is 0. The van der Waals surface area contributed by atoms with Crippen molar-refractivity contribution in [3.8, 4) is 0 Å². The van der Waals surface area contributed by atoms with E-state index in [4.69, 9.17) is 9.47 Å². The molecule has 0 aliphatic heterocycles. The van der Waals surface area contributed by atoms with Crippen LogP contribution in [-0.2, 0) is 23.9 Å². The summed E-state index contributed by atoms with van der Waals surface area (Å²) < 4.78 is 11.5. The van der Waals surface area contributed by atoms with Crippen molar-refractivity contribution in [1.29, 1.82) is 0 Å². The van der Waals surface area contributed by atoms with Crippen molar-refractivity contribution in [2.75, 3.05) is 0 Å². The lowest BCUT2D eigenvalue weighted by atomic mass is 9.47. The second-order valence-electron chi connectivity index (χ2n) is 9.91. The van der Waals surface area contributed by atoms with E-state index in [2.05, 4.69) is 13.8 Å². The van der Waals surface area contributed by atoms with Crippen molar-refractivity contribution in [2.45, 2.75) is 84.8 Å². The standard InChI is InChI=1S/C23H32O5/c1-13(24)27-20-12-16-17-5-6-21(28-14(2)25)23(17,4)10-8-18(16)22(3)9-7-15(26)11-19(20)22/h11,16-18,20-21H,5-10,12H2,1-4H3/t16-,17-,18-,20+,21-,22+,23-/m0/s1. The fourth-order valence-corrected chi connectivity index (χ4v) is 7.24. The first kappa shape index (κ1) is 19.7. The zero-order valence-electron chi connectivity index (χ0n) is 17.5. The number of ether oxygens (including phenoxy) is 2. The number of esters is 2. The van der Waals surface area contributed by atoms with E-state index in [0.717, 1.165) is 44.1 Å². The third kappa shape index (κ3) is 2.93. The highest BCUT2D eigenvalue weighted by Crippen LogP contribution is 2.65. The van der Waals surface area contributed by atoms with Gasteiger partial charge in [-0.3, -0.25) is 14.4 Å². The molecular weight excluding hydrogens is 356 g/mol. The molecule has 0 aromatic heterocycles. The van der Waals surface area contributed by atoms with Crippen LogP contribution in [-0.4, -0.2) is 29.9 Å². The highest BCUT2D eigenvalue weighted by atomic mass is 16.5. The highest BCUT2D eigenvalue weighted by molar-refractivity contribution is 5.92. The second kappa shape index (κ2) is 6.70. The van der Waals surface area contributed by atoms with Gasteiger partial charge in [-0.15, -0.1) is 0 Å². The predicted molar refractivity (Wildman–Crippen MR) is 103 cm³/mol. The van der Waals surface area contributed by atoms with E-state index in [9.17, 15) is 14.4 Å². The van der Waals surface area contributed by atoms with E-state index in [0.29, 0.717) is 24.2 Å². The minimum Gasteiger partial charge on any atom is -0.462 e. The topological polar surface area (TPSA) is 69.7 Å². The van der Waals surface area contributed by atoms with Crippen LogP contribution < -0.4 is 0 Å². The van der Waals surface area contributed by atoms with Gasteiger partial charge in [0.1, 0.15) is 12.2 Å². The molecule has 0 bridgehead atoms. The van der Waals surface area contributed by atoms with Gasteiger partial charge in [0.05, 0.1) is 0 Å². The molecule has 0 N–H and O–H groups in total. The van der Waals surface area contributed by atoms with E-state index in [1.165, 1.54) is 13.8 Å². The Bertz CT molecular complexity index is 739. The van der Waals surface area contributed by atoms with Crippen LogP contribution in [0.4, 0.5) is 0 Å². The Labute approximate surface area is 167 Å². The van der Waals surface area contributed by atoms with Gasteiger partial charge < -0.3 is 9.47 Å². The number of carbonyl (C=O) groups excluding carboxylic acids is 3. The molecule has 0 unspecified atom stereocenters. The molecule has 0 aromatic rings. The maximum atomic E-state index is 12.2. The van der Waals surface area contributed by atoms with Gasteiger partial charge in [-0.25, -0.2) is 0 Å². The molecule has 0 heterocycles. The van der Waals surface area contributed by atoms with E-state index in [1.807, 2.05) is 0 Å². The van der Waals surface area contributed by atoms with Crippen LogP contribution in [0.1, 0.15) is 72.6 Å². The summed E-state index contributed by atoms with van der Waals surface area (Å²) in [5, 5.41) is 0. The molecule has 0 saturated heterocycles. The van der Waals surface area contributed by atoms with Gasteiger partial charge in [0, 0.05) is 25.7 Å². The average molecular weight is 389 g/mol. The fourth-order valence-electron chi connectivity index (χ4n) is 7.24. The largest absolute Gasteiger partial charge is 0.462 e. The lowest BCUT2D eigenvalue weighted by molar-refractivity contribution is -0.163. The highest BCUT2D eigenvalue weighted by Gasteiger charge is 2.61. The summed E-state index contributed by atoms with van der Waals surface area (Å²) in [6, 6.07) is 0. The zero-order valence-corrected chi connectivity index (χ0v) is 17.5. The lowest BCUT2D eigenvalue weighted by Gasteiger charge is -2.59. The molecule has 154 valence electrons. The molecule has 28 heavy (non-hydrogen) atoms. The molecule has 0 radical (unpaired) electrons. The summed E-state index contributed by atoms with van der Waals surface area (Å²) in [4.78, 5) is 35.6. The number of ketones is 1. The van der Waals surface area contributed by atoms with Gasteiger partial charge in [-0.05, 0) is 73.3 Å². The summed E-state index contributed by atoms with van der Waals surface area (Å²) in [5.74, 6) is 1.06. The minimum atomic E-state index is -0.303. The summed E-state index contributed by atoms with van der Waals surface area (Å²) in [6.07, 6.45) is 7.75. The second-order valence-corrected chi connectivity index (χ2v) is 9.91. The lowest BCUT2D eigenvalue weighted by Crippen LogP contribution is -2.55. The third-order valence-electron chi connectivity index (χ3n) is 8.48. The SMILES string of the molecule is CC(=O)O[C@H]1CC[C@H]2[C@@H]3C[C@@H](OC(C)=O)C4=CC(=O)CC[C@]4(C)[C@H]3CC[C@]12C. The van der Waals surface area contributed by atoms with Crippen LogP contribution in [0.15, 0.2) is 11.6 Å². The Morgan fingerprint density at radius 1 is 1.00 bits per heavy atom. The fraction of sp³-hybridized carbons (Fsp3) is 0.783. The van der Waals surface area contributed by atoms with Crippen molar-refractivity contribution >= 4 is 17.7 Å².